The molecule has 1 aliphatic carbocycles. The fourth-order valence-corrected chi connectivity index (χ4v) is 5.24. The van der Waals surface area contributed by atoms with Gasteiger partial charge in [0.05, 0.1) is 26.2 Å². The smallest absolute Gasteiger partial charge is 0.230 e. The van der Waals surface area contributed by atoms with Crippen LogP contribution in [0.3, 0.4) is 0 Å². The third-order valence-electron chi connectivity index (χ3n) is 6.08. The lowest BCUT2D eigenvalue weighted by Crippen LogP contribution is -2.36. The Bertz CT molecular complexity index is 1110. The molecule has 1 amide bonds. The second-order valence-electron chi connectivity index (χ2n) is 8.50. The molecule has 0 radical (unpaired) electrons. The Hall–Kier alpha value is -2.74. The minimum absolute atomic E-state index is 0.0838. The van der Waals surface area contributed by atoms with Gasteiger partial charge in [-0.25, -0.2) is 9.50 Å². The first kappa shape index (κ1) is 23.4. The number of aryl methyl sites for hydroxylation is 1. The van der Waals surface area contributed by atoms with Crippen LogP contribution in [-0.4, -0.2) is 46.5 Å². The van der Waals surface area contributed by atoms with Crippen molar-refractivity contribution < 1.29 is 14.3 Å². The first-order valence-electron chi connectivity index (χ1n) is 11.6. The molecular formula is C25H32N4O3S. The number of ether oxygens (including phenoxy) is 2. The first-order valence-corrected chi connectivity index (χ1v) is 12.6. The van der Waals surface area contributed by atoms with Crippen LogP contribution in [0.4, 0.5) is 0 Å². The number of rotatable bonds is 7. The van der Waals surface area contributed by atoms with Gasteiger partial charge in [-0.05, 0) is 43.5 Å². The van der Waals surface area contributed by atoms with E-state index < -0.39 is 0 Å². The average Bonchev–Trinajstić information content (AvgIpc) is 3.22. The van der Waals surface area contributed by atoms with Crippen molar-refractivity contribution in [3.8, 4) is 22.6 Å². The fourth-order valence-electron chi connectivity index (χ4n) is 4.37. The summed E-state index contributed by atoms with van der Waals surface area (Å²) in [5.74, 6) is 1.78. The Kier molecular flexibility index (Phi) is 7.75. The van der Waals surface area contributed by atoms with Crippen molar-refractivity contribution >= 4 is 23.3 Å². The highest BCUT2D eigenvalue weighted by molar-refractivity contribution is 7.99. The summed E-state index contributed by atoms with van der Waals surface area (Å²) in [5, 5.41) is 8.72. The highest BCUT2D eigenvalue weighted by Crippen LogP contribution is 2.34. The Balaban J connectivity index is 1.51. The molecule has 0 aliphatic heterocycles. The van der Waals surface area contributed by atoms with Crippen LogP contribution in [0.15, 0.2) is 35.5 Å². The average molecular weight is 469 g/mol. The van der Waals surface area contributed by atoms with Gasteiger partial charge in [0.25, 0.3) is 0 Å². The summed E-state index contributed by atoms with van der Waals surface area (Å²) in [7, 11) is 3.24. The molecule has 1 fully saturated rings. The van der Waals surface area contributed by atoms with E-state index in [2.05, 4.69) is 10.4 Å². The summed E-state index contributed by atoms with van der Waals surface area (Å²) >= 11 is 1.50. The minimum atomic E-state index is 0.0838. The van der Waals surface area contributed by atoms with Crippen molar-refractivity contribution in [2.75, 3.05) is 20.0 Å². The van der Waals surface area contributed by atoms with E-state index in [1.54, 1.807) is 14.2 Å². The third kappa shape index (κ3) is 5.61. The molecule has 0 bridgehead atoms. The van der Waals surface area contributed by atoms with Gasteiger partial charge in [-0.2, -0.15) is 5.10 Å². The van der Waals surface area contributed by atoms with E-state index in [0.717, 1.165) is 40.3 Å². The lowest BCUT2D eigenvalue weighted by molar-refractivity contribution is -0.119. The molecule has 2 aromatic heterocycles. The number of hydrogen-bond donors (Lipinski definition) is 1. The molecule has 1 aliphatic rings. The van der Waals surface area contributed by atoms with Crippen LogP contribution in [0.5, 0.6) is 11.5 Å². The van der Waals surface area contributed by atoms with E-state index in [0.29, 0.717) is 23.3 Å². The largest absolute Gasteiger partial charge is 0.493 e. The first-order chi connectivity index (χ1) is 16.1. The summed E-state index contributed by atoms with van der Waals surface area (Å²) in [4.78, 5) is 17.4. The lowest BCUT2D eigenvalue weighted by Gasteiger charge is -2.21. The molecule has 2 heterocycles. The number of thioether (sulfide) groups is 1. The molecular weight excluding hydrogens is 436 g/mol. The molecule has 1 aromatic carbocycles. The molecule has 33 heavy (non-hydrogen) atoms. The van der Waals surface area contributed by atoms with Crippen LogP contribution >= 0.6 is 11.8 Å². The van der Waals surface area contributed by atoms with Gasteiger partial charge in [0.2, 0.25) is 5.91 Å². The minimum Gasteiger partial charge on any atom is -0.493 e. The number of benzene rings is 1. The van der Waals surface area contributed by atoms with E-state index in [1.807, 2.05) is 41.9 Å². The van der Waals surface area contributed by atoms with Crippen LogP contribution in [0.2, 0.25) is 0 Å². The fraction of sp³-hybridized carbons (Fsp3) is 0.480. The van der Waals surface area contributed by atoms with E-state index in [4.69, 9.17) is 14.5 Å². The summed E-state index contributed by atoms with van der Waals surface area (Å²) in [6, 6.07) is 8.06. The molecule has 176 valence electrons. The molecule has 0 unspecified atom stereocenters. The van der Waals surface area contributed by atoms with E-state index in [9.17, 15) is 4.79 Å². The van der Waals surface area contributed by atoms with Gasteiger partial charge in [0.15, 0.2) is 17.1 Å². The molecule has 8 heteroatoms. The maximum atomic E-state index is 12.7. The monoisotopic (exact) mass is 468 g/mol. The van der Waals surface area contributed by atoms with E-state index in [1.165, 1.54) is 43.9 Å². The van der Waals surface area contributed by atoms with Crippen LogP contribution in [0, 0.1) is 6.92 Å². The van der Waals surface area contributed by atoms with Crippen LogP contribution in [0.25, 0.3) is 16.8 Å². The highest BCUT2D eigenvalue weighted by Gasteiger charge is 2.17. The Morgan fingerprint density at radius 3 is 2.55 bits per heavy atom. The van der Waals surface area contributed by atoms with Gasteiger partial charge in [0.1, 0.15) is 5.03 Å². The van der Waals surface area contributed by atoms with Crippen molar-refractivity contribution in [1.82, 2.24) is 19.9 Å². The van der Waals surface area contributed by atoms with Gasteiger partial charge in [0, 0.05) is 17.3 Å². The van der Waals surface area contributed by atoms with Crippen molar-refractivity contribution in [3.05, 3.63) is 36.2 Å². The number of fused-ring (bicyclic) bond motifs is 1. The quantitative estimate of drug-likeness (QED) is 0.387. The molecule has 0 saturated heterocycles. The second-order valence-corrected chi connectivity index (χ2v) is 9.49. The Labute approximate surface area is 199 Å². The van der Waals surface area contributed by atoms with Crippen molar-refractivity contribution in [3.63, 3.8) is 0 Å². The van der Waals surface area contributed by atoms with Gasteiger partial charge in [-0.3, -0.25) is 4.79 Å². The normalized spacial score (nSPS) is 15.1. The standard InChI is InChI=1S/C25H32N4O3S/c1-17-13-24(33-16-23(30)28-19-9-7-5-4-6-8-10-19)29-25(27-17)20(15-26-29)18-11-12-21(31-2)22(14-18)32-3/h11-15,19H,4-10,16H2,1-3H3,(H,28,30). The molecule has 3 aromatic rings. The summed E-state index contributed by atoms with van der Waals surface area (Å²) in [5.41, 5.74) is 3.48. The lowest BCUT2D eigenvalue weighted by atomic mass is 9.97. The maximum Gasteiger partial charge on any atom is 0.230 e. The molecule has 7 nitrogen and oxygen atoms in total. The van der Waals surface area contributed by atoms with Gasteiger partial charge in [-0.15, -0.1) is 0 Å². The highest BCUT2D eigenvalue weighted by atomic mass is 32.2. The van der Waals surface area contributed by atoms with Gasteiger partial charge < -0.3 is 14.8 Å². The predicted octanol–water partition coefficient (Wildman–Crippen LogP) is 5.04. The number of aromatic nitrogens is 3. The van der Waals surface area contributed by atoms with Crippen LogP contribution < -0.4 is 14.8 Å². The van der Waals surface area contributed by atoms with E-state index >= 15 is 0 Å². The SMILES string of the molecule is COc1ccc(-c2cnn3c(SCC(=O)NC4CCCCCCC4)cc(C)nc23)cc1OC. The van der Waals surface area contributed by atoms with Crippen molar-refractivity contribution in [2.45, 2.75) is 62.9 Å². The zero-order chi connectivity index (χ0) is 23.2. The zero-order valence-corrected chi connectivity index (χ0v) is 20.4. The van der Waals surface area contributed by atoms with Gasteiger partial charge in [-0.1, -0.05) is 49.9 Å². The van der Waals surface area contributed by atoms with Crippen LogP contribution in [-0.2, 0) is 4.79 Å². The van der Waals surface area contributed by atoms with Gasteiger partial charge >= 0.3 is 0 Å². The number of nitrogens with one attached hydrogen (secondary N) is 1. The molecule has 0 atom stereocenters. The zero-order valence-electron chi connectivity index (χ0n) is 19.6. The number of methoxy groups -OCH3 is 2. The molecule has 1 saturated carbocycles. The third-order valence-corrected chi connectivity index (χ3v) is 7.08. The molecule has 0 spiro atoms. The number of carbonyl (C=O) groups is 1. The summed E-state index contributed by atoms with van der Waals surface area (Å²) in [6.45, 7) is 1.96. The predicted molar refractivity (Wildman–Crippen MR) is 131 cm³/mol. The molecule has 4 rings (SSSR count). The maximum absolute atomic E-state index is 12.7. The number of nitrogens with zero attached hydrogens (tertiary/aromatic N) is 3. The Morgan fingerprint density at radius 1 is 1.09 bits per heavy atom. The summed E-state index contributed by atoms with van der Waals surface area (Å²) < 4.78 is 12.6. The van der Waals surface area contributed by atoms with E-state index in [-0.39, 0.29) is 5.91 Å². The summed E-state index contributed by atoms with van der Waals surface area (Å²) in [6.07, 6.45) is 10.3. The van der Waals surface area contributed by atoms with Crippen LogP contribution in [0.1, 0.15) is 50.6 Å². The number of hydrogen-bond acceptors (Lipinski definition) is 6. The van der Waals surface area contributed by atoms with Crippen molar-refractivity contribution in [1.29, 1.82) is 0 Å². The number of amides is 1. The Morgan fingerprint density at radius 2 is 1.82 bits per heavy atom. The topological polar surface area (TPSA) is 77.8 Å². The van der Waals surface area contributed by atoms with Crippen molar-refractivity contribution in [2.24, 2.45) is 0 Å². The molecule has 1 N–H and O–H groups in total. The second kappa shape index (κ2) is 10.9. The number of carbonyl (C=O) groups excluding carboxylic acids is 1.